The Balaban J connectivity index is 1.78. The number of thiol groups is 1. The highest BCUT2D eigenvalue weighted by atomic mass is 32.2. The zero-order valence-electron chi connectivity index (χ0n) is 11.8. The number of rotatable bonds is 3. The number of fused-ring (bicyclic) bond motifs is 1. The topological polar surface area (TPSA) is 21.6 Å². The van der Waals surface area contributed by atoms with Gasteiger partial charge in [0.2, 0.25) is 0 Å². The van der Waals surface area contributed by atoms with Crippen LogP contribution in [0.25, 0.3) is 0 Å². The predicted molar refractivity (Wildman–Crippen MR) is 83.5 cm³/mol. The van der Waals surface area contributed by atoms with E-state index in [-0.39, 0.29) is 0 Å². The average Bonchev–Trinajstić information content (AvgIpc) is 2.89. The molecule has 1 unspecified atom stereocenters. The Morgan fingerprint density at radius 2 is 1.82 bits per heavy atom. The fraction of sp³-hybridized carbons (Fsp3) is 0.188. The van der Waals surface area contributed by atoms with Gasteiger partial charge in [-0.3, -0.25) is 4.99 Å². The molecular weight excluding hydrogens is 311 g/mol. The summed E-state index contributed by atoms with van der Waals surface area (Å²) in [6, 6.07) is 11.1. The third-order valence-corrected chi connectivity index (χ3v) is 5.56. The molecule has 1 aliphatic rings. The molecule has 2 aromatic rings. The molecule has 2 nitrogen and oxygen atoms in total. The molecule has 0 bridgehead atoms. The van der Waals surface area contributed by atoms with E-state index in [1.807, 2.05) is 23.7 Å². The normalized spacial score (nSPS) is 18.3. The van der Waals surface area contributed by atoms with Gasteiger partial charge in [-0.25, -0.2) is 0 Å². The molecule has 0 fully saturated rings. The summed E-state index contributed by atoms with van der Waals surface area (Å²) in [6.45, 7) is 0. The lowest BCUT2D eigenvalue weighted by Crippen LogP contribution is -2.04. The van der Waals surface area contributed by atoms with Crippen LogP contribution < -0.4 is 4.74 Å². The van der Waals surface area contributed by atoms with Crippen molar-refractivity contribution in [2.24, 2.45) is 4.99 Å². The minimum Gasteiger partial charge on any atom is -0.497 e. The fourth-order valence-electron chi connectivity index (χ4n) is 2.29. The van der Waals surface area contributed by atoms with Crippen LogP contribution in [0, 0.1) is 0 Å². The van der Waals surface area contributed by atoms with E-state index in [1.165, 1.54) is 0 Å². The highest BCUT2D eigenvalue weighted by Gasteiger charge is 2.30. The van der Waals surface area contributed by atoms with Gasteiger partial charge in [-0.2, -0.15) is 24.1 Å². The maximum atomic E-state index is 12.6. The van der Waals surface area contributed by atoms with Crippen molar-refractivity contribution >= 4 is 22.1 Å². The fourth-order valence-corrected chi connectivity index (χ4v) is 4.22. The molecule has 3 rings (SSSR count). The first-order valence-corrected chi connectivity index (χ1v) is 8.22. The summed E-state index contributed by atoms with van der Waals surface area (Å²) in [6.07, 6.45) is -4.29. The molecule has 1 atom stereocenters. The van der Waals surface area contributed by atoms with Crippen LogP contribution in [0.1, 0.15) is 11.1 Å². The van der Waals surface area contributed by atoms with E-state index in [9.17, 15) is 13.2 Å². The van der Waals surface area contributed by atoms with E-state index >= 15 is 0 Å². The Labute approximate surface area is 129 Å². The van der Waals surface area contributed by atoms with Crippen LogP contribution in [0.15, 0.2) is 52.4 Å². The van der Waals surface area contributed by atoms with Gasteiger partial charge in [0, 0.05) is 22.3 Å². The minimum absolute atomic E-state index is 0.616. The van der Waals surface area contributed by atoms with Crippen molar-refractivity contribution in [3.63, 3.8) is 0 Å². The van der Waals surface area contributed by atoms with Crippen molar-refractivity contribution in [3.8, 4) is 5.75 Å². The molecule has 0 aliphatic carbocycles. The maximum absolute atomic E-state index is 12.6. The highest BCUT2D eigenvalue weighted by molar-refractivity contribution is 8.28. The smallest absolute Gasteiger partial charge is 0.416 e. The van der Waals surface area contributed by atoms with Gasteiger partial charge in [0.15, 0.2) is 0 Å². The number of aliphatic imine (C=N–C) groups is 1. The lowest BCUT2D eigenvalue weighted by atomic mass is 10.1. The van der Waals surface area contributed by atoms with E-state index in [1.54, 1.807) is 19.2 Å². The van der Waals surface area contributed by atoms with Crippen LogP contribution in [0.4, 0.5) is 18.9 Å². The molecule has 22 heavy (non-hydrogen) atoms. The highest BCUT2D eigenvalue weighted by Crippen LogP contribution is 2.49. The number of alkyl halides is 3. The van der Waals surface area contributed by atoms with Crippen LogP contribution in [0.2, 0.25) is 0 Å². The summed E-state index contributed by atoms with van der Waals surface area (Å²) in [7, 11) is 0.982. The van der Waals surface area contributed by atoms with Gasteiger partial charge < -0.3 is 4.74 Å². The summed E-state index contributed by atoms with van der Waals surface area (Å²) in [5, 5.41) is 0. The first kappa shape index (κ1) is 15.0. The molecule has 2 aromatic carbocycles. The average molecular weight is 325 g/mol. The van der Waals surface area contributed by atoms with Crippen molar-refractivity contribution < 1.29 is 17.9 Å². The Bertz CT molecular complexity index is 710. The van der Waals surface area contributed by atoms with Gasteiger partial charge in [0.1, 0.15) is 5.75 Å². The number of hydrogen-bond acceptors (Lipinski definition) is 2. The summed E-state index contributed by atoms with van der Waals surface area (Å²) in [5.41, 5.74) is 3.05. The van der Waals surface area contributed by atoms with Crippen molar-refractivity contribution in [2.75, 3.05) is 7.11 Å². The lowest BCUT2D eigenvalue weighted by molar-refractivity contribution is -0.137. The van der Waals surface area contributed by atoms with Gasteiger partial charge in [-0.1, -0.05) is 12.1 Å². The van der Waals surface area contributed by atoms with Crippen molar-refractivity contribution in [1.29, 1.82) is 0 Å². The molecule has 1 heterocycles. The van der Waals surface area contributed by atoms with Gasteiger partial charge in [-0.05, 0) is 29.8 Å². The van der Waals surface area contributed by atoms with Crippen molar-refractivity contribution in [1.82, 2.24) is 0 Å². The van der Waals surface area contributed by atoms with Gasteiger partial charge in [0.05, 0.1) is 18.4 Å². The molecule has 0 amide bonds. The molecular formula is C16H14F3NOS. The quantitative estimate of drug-likeness (QED) is 0.793. The zero-order valence-corrected chi connectivity index (χ0v) is 12.7. The molecule has 0 spiro atoms. The molecule has 0 radical (unpaired) electrons. The SMILES string of the molecule is COc1ccc2c(c1)N=C[SH]2Cc1ccc(C(F)(F)F)cc1. The number of benzene rings is 2. The lowest BCUT2D eigenvalue weighted by Gasteiger charge is -2.15. The number of hydrogen-bond donors (Lipinski definition) is 1. The molecule has 0 aromatic heterocycles. The van der Waals surface area contributed by atoms with Crippen LogP contribution in [-0.2, 0) is 11.9 Å². The summed E-state index contributed by atoms with van der Waals surface area (Å²) in [5.74, 6) is 1.44. The van der Waals surface area contributed by atoms with E-state index in [0.717, 1.165) is 34.0 Å². The second-order valence-corrected chi connectivity index (χ2v) is 6.89. The van der Waals surface area contributed by atoms with Crippen LogP contribution in [-0.4, -0.2) is 12.7 Å². The third-order valence-electron chi connectivity index (χ3n) is 3.46. The predicted octanol–water partition coefficient (Wildman–Crippen LogP) is 4.95. The molecule has 1 aliphatic heterocycles. The number of halogens is 3. The van der Waals surface area contributed by atoms with E-state index in [4.69, 9.17) is 4.74 Å². The number of ether oxygens (including phenoxy) is 1. The maximum Gasteiger partial charge on any atom is 0.416 e. The monoisotopic (exact) mass is 325 g/mol. The largest absolute Gasteiger partial charge is 0.497 e. The van der Waals surface area contributed by atoms with Crippen molar-refractivity contribution in [2.45, 2.75) is 16.8 Å². The Kier molecular flexibility index (Phi) is 3.87. The van der Waals surface area contributed by atoms with E-state index in [0.29, 0.717) is 5.75 Å². The zero-order chi connectivity index (χ0) is 15.7. The van der Waals surface area contributed by atoms with E-state index < -0.39 is 22.6 Å². The molecule has 0 saturated heterocycles. The van der Waals surface area contributed by atoms with Gasteiger partial charge in [-0.15, -0.1) is 0 Å². The number of nitrogens with zero attached hydrogens (tertiary/aromatic N) is 1. The molecule has 0 saturated carbocycles. The first-order valence-electron chi connectivity index (χ1n) is 6.62. The standard InChI is InChI=1S/C16H14F3NOS/c1-21-13-6-7-15-14(8-13)20-10-22(15)9-11-2-4-12(5-3-11)16(17,18)19/h2-8,10,22H,9H2,1H3. The van der Waals surface area contributed by atoms with Crippen LogP contribution >= 0.6 is 10.9 Å². The second-order valence-electron chi connectivity index (χ2n) is 4.92. The van der Waals surface area contributed by atoms with Crippen LogP contribution in [0.3, 0.4) is 0 Å². The van der Waals surface area contributed by atoms with Crippen LogP contribution in [0.5, 0.6) is 5.75 Å². The molecule has 6 heteroatoms. The van der Waals surface area contributed by atoms with Gasteiger partial charge >= 0.3 is 6.18 Å². The molecule has 0 N–H and O–H groups in total. The summed E-state index contributed by atoms with van der Waals surface area (Å²) >= 11 is 0. The van der Waals surface area contributed by atoms with Crippen molar-refractivity contribution in [3.05, 3.63) is 53.6 Å². The Hall–Kier alpha value is -1.95. The summed E-state index contributed by atoms with van der Waals surface area (Å²) in [4.78, 5) is 5.52. The second kappa shape index (κ2) is 5.68. The Morgan fingerprint density at radius 3 is 2.45 bits per heavy atom. The summed E-state index contributed by atoms with van der Waals surface area (Å²) < 4.78 is 42.9. The third kappa shape index (κ3) is 2.97. The number of methoxy groups -OCH3 is 1. The van der Waals surface area contributed by atoms with Gasteiger partial charge in [0.25, 0.3) is 0 Å². The van der Waals surface area contributed by atoms with E-state index in [2.05, 4.69) is 4.99 Å². The Morgan fingerprint density at radius 1 is 1.09 bits per heavy atom. The minimum atomic E-state index is -4.29. The first-order chi connectivity index (χ1) is 10.5. The molecule has 116 valence electrons.